The Balaban J connectivity index is 1.58. The van der Waals surface area contributed by atoms with Crippen LogP contribution in [0.15, 0.2) is 83.3 Å². The molecule has 0 heterocycles. The second-order valence-corrected chi connectivity index (χ2v) is 10.5. The lowest BCUT2D eigenvalue weighted by Gasteiger charge is -2.34. The maximum Gasteiger partial charge on any atom is 0.133 e. The van der Waals surface area contributed by atoms with Crippen LogP contribution in [0, 0.1) is 11.8 Å². The second kappa shape index (κ2) is 12.5. The van der Waals surface area contributed by atoms with Gasteiger partial charge < -0.3 is 10.5 Å². The number of ether oxygens (including phenoxy) is 1. The molecule has 0 aromatic heterocycles. The lowest BCUT2D eigenvalue weighted by atomic mass is 9.81. The zero-order valence-electron chi connectivity index (χ0n) is 20.2. The first-order chi connectivity index (χ1) is 16.7. The molecule has 3 aromatic rings. The van der Waals surface area contributed by atoms with E-state index in [1.165, 1.54) is 42.4 Å². The fourth-order valence-electron chi connectivity index (χ4n) is 5.32. The SMILES string of the molecule is COc1ccc(CN(CC2CCC(CN)CC2)CC(c2ccccc2)c2ccccc2)cc1Br. The zero-order chi connectivity index (χ0) is 23.8. The Morgan fingerprint density at radius 1 is 0.882 bits per heavy atom. The van der Waals surface area contributed by atoms with Crippen LogP contribution >= 0.6 is 15.9 Å². The Morgan fingerprint density at radius 2 is 1.47 bits per heavy atom. The summed E-state index contributed by atoms with van der Waals surface area (Å²) in [6, 6.07) is 28.4. The summed E-state index contributed by atoms with van der Waals surface area (Å²) < 4.78 is 6.47. The van der Waals surface area contributed by atoms with E-state index in [2.05, 4.69) is 99.7 Å². The summed E-state index contributed by atoms with van der Waals surface area (Å²) in [6.07, 6.45) is 5.10. The van der Waals surface area contributed by atoms with Crippen LogP contribution in [0.5, 0.6) is 5.75 Å². The molecule has 0 radical (unpaired) electrons. The molecule has 0 unspecified atom stereocenters. The van der Waals surface area contributed by atoms with Gasteiger partial charge in [-0.15, -0.1) is 0 Å². The molecular formula is C30H37BrN2O. The van der Waals surface area contributed by atoms with Gasteiger partial charge in [-0.1, -0.05) is 66.7 Å². The second-order valence-electron chi connectivity index (χ2n) is 9.66. The highest BCUT2D eigenvalue weighted by molar-refractivity contribution is 9.10. The van der Waals surface area contributed by atoms with E-state index in [4.69, 9.17) is 10.5 Å². The molecule has 180 valence electrons. The monoisotopic (exact) mass is 520 g/mol. The molecule has 0 spiro atoms. The van der Waals surface area contributed by atoms with Crippen molar-refractivity contribution < 1.29 is 4.74 Å². The third-order valence-electron chi connectivity index (χ3n) is 7.28. The average Bonchev–Trinajstić information content (AvgIpc) is 2.89. The topological polar surface area (TPSA) is 38.5 Å². The molecular weight excluding hydrogens is 484 g/mol. The highest BCUT2D eigenvalue weighted by Crippen LogP contribution is 2.32. The van der Waals surface area contributed by atoms with Crippen LogP contribution in [0.4, 0.5) is 0 Å². The third-order valence-corrected chi connectivity index (χ3v) is 7.90. The van der Waals surface area contributed by atoms with Gasteiger partial charge in [0, 0.05) is 25.6 Å². The fraction of sp³-hybridized carbons (Fsp3) is 0.400. The van der Waals surface area contributed by atoms with Gasteiger partial charge in [0.15, 0.2) is 0 Å². The molecule has 1 aliphatic rings. The van der Waals surface area contributed by atoms with Crippen molar-refractivity contribution in [1.29, 1.82) is 0 Å². The minimum Gasteiger partial charge on any atom is -0.496 e. The average molecular weight is 522 g/mol. The standard InChI is InChI=1S/C30H37BrN2O/c1-34-30-17-16-25(18-29(30)31)21-33(20-24-14-12-23(19-32)13-15-24)22-28(26-8-4-2-5-9-26)27-10-6-3-7-11-27/h2-11,16-18,23-24,28H,12-15,19-22,32H2,1H3. The number of nitrogens with zero attached hydrogens (tertiary/aromatic N) is 1. The summed E-state index contributed by atoms with van der Waals surface area (Å²) in [5.74, 6) is 2.66. The molecule has 1 fully saturated rings. The molecule has 0 atom stereocenters. The number of rotatable bonds is 10. The zero-order valence-corrected chi connectivity index (χ0v) is 21.8. The van der Waals surface area contributed by atoms with E-state index in [0.717, 1.165) is 42.3 Å². The number of methoxy groups -OCH3 is 1. The largest absolute Gasteiger partial charge is 0.496 e. The van der Waals surface area contributed by atoms with Crippen LogP contribution in [0.1, 0.15) is 48.3 Å². The molecule has 0 aliphatic heterocycles. The quantitative estimate of drug-likeness (QED) is 0.317. The number of benzene rings is 3. The molecule has 1 saturated carbocycles. The summed E-state index contributed by atoms with van der Waals surface area (Å²) in [5, 5.41) is 0. The molecule has 4 heteroatoms. The molecule has 0 amide bonds. The van der Waals surface area contributed by atoms with Crippen molar-refractivity contribution in [2.24, 2.45) is 17.6 Å². The normalized spacial score (nSPS) is 18.4. The van der Waals surface area contributed by atoms with Crippen molar-refractivity contribution >= 4 is 15.9 Å². The highest BCUT2D eigenvalue weighted by Gasteiger charge is 2.25. The first kappa shape index (κ1) is 25.0. The maximum absolute atomic E-state index is 5.96. The maximum atomic E-state index is 5.96. The lowest BCUT2D eigenvalue weighted by molar-refractivity contribution is 0.172. The summed E-state index contributed by atoms with van der Waals surface area (Å²) >= 11 is 3.68. The van der Waals surface area contributed by atoms with E-state index < -0.39 is 0 Å². The molecule has 0 saturated heterocycles. The molecule has 4 rings (SSSR count). The molecule has 34 heavy (non-hydrogen) atoms. The van der Waals surface area contributed by atoms with Gasteiger partial charge in [0.25, 0.3) is 0 Å². The lowest BCUT2D eigenvalue weighted by Crippen LogP contribution is -2.35. The predicted octanol–water partition coefficient (Wildman–Crippen LogP) is 6.86. The Labute approximate surface area is 213 Å². The van der Waals surface area contributed by atoms with Gasteiger partial charge in [-0.05, 0) is 88.8 Å². The van der Waals surface area contributed by atoms with Crippen LogP contribution in [-0.4, -0.2) is 31.6 Å². The predicted molar refractivity (Wildman–Crippen MR) is 145 cm³/mol. The summed E-state index contributed by atoms with van der Waals surface area (Å²) in [4.78, 5) is 2.67. The van der Waals surface area contributed by atoms with Crippen molar-refractivity contribution in [3.63, 3.8) is 0 Å². The van der Waals surface area contributed by atoms with Crippen LogP contribution in [0.3, 0.4) is 0 Å². The number of hydrogen-bond acceptors (Lipinski definition) is 3. The number of hydrogen-bond donors (Lipinski definition) is 1. The summed E-state index contributed by atoms with van der Waals surface area (Å²) in [7, 11) is 1.72. The molecule has 2 N–H and O–H groups in total. The molecule has 0 bridgehead atoms. The van der Waals surface area contributed by atoms with Crippen molar-refractivity contribution in [3.05, 3.63) is 100 Å². The van der Waals surface area contributed by atoms with Crippen molar-refractivity contribution in [3.8, 4) is 5.75 Å². The van der Waals surface area contributed by atoms with Crippen LogP contribution in [0.25, 0.3) is 0 Å². The Hall–Kier alpha value is -2.14. The van der Waals surface area contributed by atoms with E-state index in [0.29, 0.717) is 11.8 Å². The van der Waals surface area contributed by atoms with Crippen molar-refractivity contribution in [2.45, 2.75) is 38.1 Å². The molecule has 3 nitrogen and oxygen atoms in total. The van der Waals surface area contributed by atoms with Gasteiger partial charge in [0.05, 0.1) is 11.6 Å². The van der Waals surface area contributed by atoms with Gasteiger partial charge in [0.2, 0.25) is 0 Å². The van der Waals surface area contributed by atoms with Gasteiger partial charge in [-0.3, -0.25) is 4.90 Å². The van der Waals surface area contributed by atoms with E-state index in [-0.39, 0.29) is 0 Å². The first-order valence-electron chi connectivity index (χ1n) is 12.5. The van der Waals surface area contributed by atoms with Gasteiger partial charge in [-0.2, -0.15) is 0 Å². The van der Waals surface area contributed by atoms with Crippen LogP contribution in [0.2, 0.25) is 0 Å². The van der Waals surface area contributed by atoms with E-state index in [9.17, 15) is 0 Å². The number of nitrogens with two attached hydrogens (primary N) is 1. The van der Waals surface area contributed by atoms with Gasteiger partial charge in [-0.25, -0.2) is 0 Å². The third kappa shape index (κ3) is 6.71. The molecule has 3 aromatic carbocycles. The van der Waals surface area contributed by atoms with E-state index in [1.54, 1.807) is 7.11 Å². The van der Waals surface area contributed by atoms with E-state index in [1.807, 2.05) is 0 Å². The van der Waals surface area contributed by atoms with Gasteiger partial charge >= 0.3 is 0 Å². The van der Waals surface area contributed by atoms with E-state index >= 15 is 0 Å². The Morgan fingerprint density at radius 3 is 2.00 bits per heavy atom. The Bertz CT molecular complexity index is 963. The van der Waals surface area contributed by atoms with Gasteiger partial charge in [0.1, 0.15) is 5.75 Å². The summed E-state index contributed by atoms with van der Waals surface area (Å²) in [6.45, 7) is 3.88. The fourth-order valence-corrected chi connectivity index (χ4v) is 5.91. The minimum absolute atomic E-state index is 0.337. The minimum atomic E-state index is 0.337. The first-order valence-corrected chi connectivity index (χ1v) is 13.3. The smallest absolute Gasteiger partial charge is 0.133 e. The Kier molecular flexibility index (Phi) is 9.20. The highest BCUT2D eigenvalue weighted by atomic mass is 79.9. The number of halogens is 1. The van der Waals surface area contributed by atoms with Crippen LogP contribution in [-0.2, 0) is 6.54 Å². The van der Waals surface area contributed by atoms with Crippen LogP contribution < -0.4 is 10.5 Å². The van der Waals surface area contributed by atoms with Crippen molar-refractivity contribution in [1.82, 2.24) is 4.90 Å². The van der Waals surface area contributed by atoms with Crippen molar-refractivity contribution in [2.75, 3.05) is 26.7 Å². The summed E-state index contributed by atoms with van der Waals surface area (Å²) in [5.41, 5.74) is 10.0. The molecule has 1 aliphatic carbocycles.